The molecule has 2 N–H and O–H groups in total. The number of thioether (sulfide) groups is 1. The zero-order chi connectivity index (χ0) is 26.4. The minimum Gasteiger partial charge on any atom is -0.493 e. The Bertz CT molecular complexity index is 1430. The summed E-state index contributed by atoms with van der Waals surface area (Å²) in [5, 5.41) is 8.88. The van der Waals surface area contributed by atoms with E-state index in [-0.39, 0.29) is 24.5 Å². The van der Waals surface area contributed by atoms with Crippen molar-refractivity contribution in [1.29, 1.82) is 0 Å². The SMILES string of the molecule is COc1cc(/C=N\NC(=O)Cn2ncn(-c3ccccc3)c2=S)ccc1OC(=O)C[C@@H]1SC(=O)NC1=O. The predicted molar refractivity (Wildman–Crippen MR) is 136 cm³/mol. The van der Waals surface area contributed by atoms with Gasteiger partial charge < -0.3 is 9.47 Å². The number of para-hydroxylation sites is 1. The zero-order valence-electron chi connectivity index (χ0n) is 19.3. The molecule has 0 unspecified atom stereocenters. The van der Waals surface area contributed by atoms with Gasteiger partial charge in [-0.15, -0.1) is 0 Å². The molecule has 4 rings (SSSR count). The van der Waals surface area contributed by atoms with E-state index in [9.17, 15) is 19.2 Å². The Labute approximate surface area is 219 Å². The summed E-state index contributed by atoms with van der Waals surface area (Å²) in [5.41, 5.74) is 3.79. The fourth-order valence-corrected chi connectivity index (χ4v) is 4.32. The van der Waals surface area contributed by atoms with Gasteiger partial charge in [0.05, 0.1) is 19.7 Å². The van der Waals surface area contributed by atoms with Crippen molar-refractivity contribution in [3.05, 3.63) is 65.2 Å². The van der Waals surface area contributed by atoms with Crippen molar-refractivity contribution in [2.45, 2.75) is 18.2 Å². The van der Waals surface area contributed by atoms with Crippen LogP contribution < -0.4 is 20.2 Å². The summed E-state index contributed by atoms with van der Waals surface area (Å²) in [7, 11) is 1.40. The Kier molecular flexibility index (Phi) is 8.10. The van der Waals surface area contributed by atoms with Crippen LogP contribution in [0.15, 0.2) is 60.0 Å². The summed E-state index contributed by atoms with van der Waals surface area (Å²) in [6, 6.07) is 14.0. The number of carbonyl (C=O) groups excluding carboxylic acids is 4. The monoisotopic (exact) mass is 540 g/mol. The van der Waals surface area contributed by atoms with E-state index in [2.05, 4.69) is 20.9 Å². The summed E-state index contributed by atoms with van der Waals surface area (Å²) in [6.07, 6.45) is 2.66. The molecule has 1 aromatic heterocycles. The van der Waals surface area contributed by atoms with Crippen LogP contribution in [0, 0.1) is 4.77 Å². The number of benzene rings is 2. The molecule has 2 heterocycles. The van der Waals surface area contributed by atoms with Crippen molar-refractivity contribution < 1.29 is 28.7 Å². The van der Waals surface area contributed by atoms with E-state index in [0.717, 1.165) is 17.4 Å². The summed E-state index contributed by atoms with van der Waals surface area (Å²) in [6.45, 7) is -0.128. The lowest BCUT2D eigenvalue weighted by atomic mass is 10.2. The fraction of sp³-hybridized carbons (Fsp3) is 0.174. The van der Waals surface area contributed by atoms with Gasteiger partial charge in [0.1, 0.15) is 18.1 Å². The minimum absolute atomic E-state index is 0.128. The molecule has 0 radical (unpaired) electrons. The number of esters is 1. The van der Waals surface area contributed by atoms with E-state index < -0.39 is 28.3 Å². The average molecular weight is 541 g/mol. The third kappa shape index (κ3) is 6.48. The Morgan fingerprint density at radius 2 is 2.00 bits per heavy atom. The minimum atomic E-state index is -0.831. The van der Waals surface area contributed by atoms with Gasteiger partial charge in [-0.1, -0.05) is 30.0 Å². The van der Waals surface area contributed by atoms with E-state index in [0.29, 0.717) is 10.3 Å². The van der Waals surface area contributed by atoms with Gasteiger partial charge in [-0.3, -0.25) is 29.1 Å². The van der Waals surface area contributed by atoms with E-state index in [1.165, 1.54) is 30.4 Å². The first kappa shape index (κ1) is 25.8. The third-order valence-corrected chi connectivity index (χ3v) is 6.38. The first-order chi connectivity index (χ1) is 17.8. The molecular weight excluding hydrogens is 520 g/mol. The van der Waals surface area contributed by atoms with Crippen molar-refractivity contribution >= 4 is 53.2 Å². The van der Waals surface area contributed by atoms with E-state index in [1.54, 1.807) is 16.7 Å². The fourth-order valence-electron chi connectivity index (χ4n) is 3.25. The van der Waals surface area contributed by atoms with Crippen molar-refractivity contribution in [2.24, 2.45) is 5.10 Å². The molecule has 14 heteroatoms. The molecule has 0 spiro atoms. The van der Waals surface area contributed by atoms with Crippen LogP contribution in [0.5, 0.6) is 11.5 Å². The molecule has 12 nitrogen and oxygen atoms in total. The Morgan fingerprint density at radius 1 is 1.22 bits per heavy atom. The number of rotatable bonds is 9. The van der Waals surface area contributed by atoms with Gasteiger partial charge in [-0.2, -0.15) is 10.2 Å². The summed E-state index contributed by atoms with van der Waals surface area (Å²) in [5.74, 6) is -1.29. The van der Waals surface area contributed by atoms with Crippen LogP contribution in [0.1, 0.15) is 12.0 Å². The Balaban J connectivity index is 1.33. The molecule has 3 aromatic rings. The van der Waals surface area contributed by atoms with Crippen molar-refractivity contribution in [3.8, 4) is 17.2 Å². The number of hydrogen-bond donors (Lipinski definition) is 2. The maximum atomic E-state index is 12.3. The van der Waals surface area contributed by atoms with Gasteiger partial charge in [-0.25, -0.2) is 10.1 Å². The van der Waals surface area contributed by atoms with E-state index >= 15 is 0 Å². The third-order valence-electron chi connectivity index (χ3n) is 4.99. The van der Waals surface area contributed by atoms with Crippen LogP contribution in [-0.2, 0) is 20.9 Å². The second kappa shape index (κ2) is 11.6. The lowest BCUT2D eigenvalue weighted by Gasteiger charge is -2.10. The van der Waals surface area contributed by atoms with Gasteiger partial charge in [0.15, 0.2) is 11.5 Å². The molecule has 1 aliphatic heterocycles. The van der Waals surface area contributed by atoms with Gasteiger partial charge in [-0.05, 0) is 48.1 Å². The van der Waals surface area contributed by atoms with Crippen molar-refractivity contribution in [1.82, 2.24) is 25.1 Å². The molecule has 1 fully saturated rings. The average Bonchev–Trinajstić information content (AvgIpc) is 3.40. The highest BCUT2D eigenvalue weighted by Gasteiger charge is 2.34. The molecule has 0 saturated carbocycles. The summed E-state index contributed by atoms with van der Waals surface area (Å²) < 4.78 is 14.0. The molecule has 1 aliphatic rings. The number of nitrogens with one attached hydrogen (secondary N) is 2. The highest BCUT2D eigenvalue weighted by Crippen LogP contribution is 2.29. The number of nitrogens with zero attached hydrogens (tertiary/aromatic N) is 4. The van der Waals surface area contributed by atoms with E-state index in [1.807, 2.05) is 30.3 Å². The van der Waals surface area contributed by atoms with Gasteiger partial charge in [0.25, 0.3) is 11.1 Å². The maximum absolute atomic E-state index is 12.3. The number of carbonyl (C=O) groups is 4. The Morgan fingerprint density at radius 3 is 2.70 bits per heavy atom. The number of hydrogen-bond acceptors (Lipinski definition) is 10. The molecule has 0 bridgehead atoms. The van der Waals surface area contributed by atoms with Crippen LogP contribution in [-0.4, -0.2) is 55.9 Å². The number of ether oxygens (including phenoxy) is 2. The molecule has 190 valence electrons. The molecule has 37 heavy (non-hydrogen) atoms. The maximum Gasteiger partial charge on any atom is 0.312 e. The summed E-state index contributed by atoms with van der Waals surface area (Å²) >= 11 is 6.14. The lowest BCUT2D eigenvalue weighted by molar-refractivity contribution is -0.136. The number of imide groups is 1. The smallest absolute Gasteiger partial charge is 0.312 e. The highest BCUT2D eigenvalue weighted by molar-refractivity contribution is 8.15. The molecule has 1 saturated heterocycles. The first-order valence-corrected chi connectivity index (χ1v) is 12.0. The van der Waals surface area contributed by atoms with Crippen LogP contribution in [0.2, 0.25) is 0 Å². The molecule has 2 aromatic carbocycles. The normalized spacial score (nSPS) is 15.0. The van der Waals surface area contributed by atoms with Crippen LogP contribution >= 0.6 is 24.0 Å². The molecule has 0 aliphatic carbocycles. The summed E-state index contributed by atoms with van der Waals surface area (Å²) in [4.78, 5) is 47.4. The quantitative estimate of drug-likeness (QED) is 0.137. The second-order valence-corrected chi connectivity index (χ2v) is 9.08. The van der Waals surface area contributed by atoms with Crippen molar-refractivity contribution in [3.63, 3.8) is 0 Å². The predicted octanol–water partition coefficient (Wildman–Crippen LogP) is 2.21. The number of aromatic nitrogens is 3. The molecular formula is C23H20N6O6S2. The number of amides is 3. The number of hydrazone groups is 1. The first-order valence-electron chi connectivity index (χ1n) is 10.8. The topological polar surface area (TPSA) is 146 Å². The Hall–Kier alpha value is -4.30. The van der Waals surface area contributed by atoms with Crippen molar-refractivity contribution in [2.75, 3.05) is 7.11 Å². The largest absolute Gasteiger partial charge is 0.493 e. The van der Waals surface area contributed by atoms with Gasteiger partial charge in [0.2, 0.25) is 10.7 Å². The molecule has 3 amide bonds. The van der Waals surface area contributed by atoms with E-state index in [4.69, 9.17) is 21.7 Å². The standard InChI is InChI=1S/C23H20N6O6S2/c1-34-17-9-14(7-8-16(17)35-20(31)10-18-21(32)26-22(33)37-18)11-24-27-19(30)12-29-23(36)28(13-25-29)15-5-3-2-4-6-15/h2-9,11,13,18H,10,12H2,1H3,(H,27,30)(H,26,32,33)/b24-11-/t18-/m0/s1. The van der Waals surface area contributed by atoms with Crippen LogP contribution in [0.4, 0.5) is 4.79 Å². The van der Waals surface area contributed by atoms with Gasteiger partial charge >= 0.3 is 5.97 Å². The molecule has 1 atom stereocenters. The van der Waals surface area contributed by atoms with Crippen LogP contribution in [0.3, 0.4) is 0 Å². The zero-order valence-corrected chi connectivity index (χ0v) is 21.0. The second-order valence-electron chi connectivity index (χ2n) is 7.54. The number of methoxy groups -OCH3 is 1. The lowest BCUT2D eigenvalue weighted by Crippen LogP contribution is -2.27. The van der Waals surface area contributed by atoms with Gasteiger partial charge in [0, 0.05) is 5.69 Å². The van der Waals surface area contributed by atoms with Crippen LogP contribution in [0.25, 0.3) is 5.69 Å². The highest BCUT2D eigenvalue weighted by atomic mass is 32.2.